The number of hydrogen-bond acceptors (Lipinski definition) is 4. The van der Waals surface area contributed by atoms with Crippen LogP contribution in [0, 0.1) is 6.85 Å². The van der Waals surface area contributed by atoms with Crippen molar-refractivity contribution >= 4 is 21.8 Å². The van der Waals surface area contributed by atoms with Crippen molar-refractivity contribution in [1.82, 2.24) is 19.5 Å². The number of nitrogens with one attached hydrogen (secondary N) is 1. The molecule has 0 aliphatic rings. The summed E-state index contributed by atoms with van der Waals surface area (Å²) < 4.78 is 68.9. The van der Waals surface area contributed by atoms with Crippen LogP contribution in [-0.4, -0.2) is 30.8 Å². The molecule has 0 fully saturated rings. The lowest BCUT2D eigenvalue weighted by Crippen LogP contribution is -2.03. The number of pyridine rings is 1. The van der Waals surface area contributed by atoms with Crippen LogP contribution in [-0.2, 0) is 16.5 Å². The minimum absolute atomic E-state index is 0.0911. The van der Waals surface area contributed by atoms with Gasteiger partial charge in [0, 0.05) is 36.7 Å². The van der Waals surface area contributed by atoms with Gasteiger partial charge in [0.1, 0.15) is 5.75 Å². The third-order valence-corrected chi connectivity index (χ3v) is 4.67. The molecule has 1 atom stereocenters. The SMILES string of the molecule is [2H]n1c(S(=O)C([2H])([2H])c2nccc(OC)c2C([2H])([2H])[2H])nc2cc(-n3cccc3)ccc21. The number of H-pyrrole nitrogens is 1. The maximum Gasteiger partial charge on any atom is 0.197 e. The Labute approximate surface area is 161 Å². The van der Waals surface area contributed by atoms with Gasteiger partial charge >= 0.3 is 0 Å². The summed E-state index contributed by atoms with van der Waals surface area (Å²) in [6.45, 7) is -2.76. The lowest BCUT2D eigenvalue weighted by molar-refractivity contribution is 0.410. The standard InChI is InChI=1S/C19H18N4O2S/c1-13-17(20-8-7-18(13)25-2)12-26(24)19-21-15-6-5-14(11-16(15)22-19)23-9-3-4-10-23/h3-11H,12H2,1-2H3,(H,21,22)/i1D3,12D2/hD. The normalized spacial score (nSPS) is 16.8. The first-order valence-corrected chi connectivity index (χ1v) is 8.81. The number of benzene rings is 1. The summed E-state index contributed by atoms with van der Waals surface area (Å²) in [4.78, 5) is 8.91. The fourth-order valence-corrected chi connectivity index (χ4v) is 3.29. The van der Waals surface area contributed by atoms with Gasteiger partial charge in [-0.2, -0.15) is 0 Å². The molecule has 0 spiro atoms. The second kappa shape index (κ2) is 6.76. The molecule has 6 nitrogen and oxygen atoms in total. The summed E-state index contributed by atoms with van der Waals surface area (Å²) in [5.74, 6) is -0.0911. The predicted octanol–water partition coefficient (Wildman–Crippen LogP) is 3.37. The number of imidazole rings is 1. The number of hydrogen-bond donors (Lipinski definition) is 1. The van der Waals surface area contributed by atoms with Crippen LogP contribution in [0.25, 0.3) is 16.7 Å². The average molecular weight is 372 g/mol. The molecule has 0 radical (unpaired) electrons. The Morgan fingerprint density at radius 3 is 3.00 bits per heavy atom. The van der Waals surface area contributed by atoms with E-state index in [1.165, 1.54) is 19.4 Å². The van der Waals surface area contributed by atoms with E-state index in [1.54, 1.807) is 18.2 Å². The number of rotatable bonds is 5. The number of fused-ring (bicyclic) bond motifs is 1. The maximum atomic E-state index is 13.3. The van der Waals surface area contributed by atoms with Crippen LogP contribution in [0.1, 0.15) is 18.1 Å². The quantitative estimate of drug-likeness (QED) is 0.583. The van der Waals surface area contributed by atoms with Gasteiger partial charge in [0.15, 0.2) is 6.57 Å². The Kier molecular flexibility index (Phi) is 2.84. The topological polar surface area (TPSA) is 72.8 Å². The number of methoxy groups -OCH3 is 1. The van der Waals surface area contributed by atoms with E-state index in [9.17, 15) is 4.21 Å². The Hall–Kier alpha value is -2.93. The molecule has 0 saturated heterocycles. The van der Waals surface area contributed by atoms with Gasteiger partial charge < -0.3 is 14.3 Å². The zero-order valence-corrected chi connectivity index (χ0v) is 14.5. The van der Waals surface area contributed by atoms with E-state index in [1.807, 2.05) is 29.1 Å². The van der Waals surface area contributed by atoms with Crippen molar-refractivity contribution in [3.8, 4) is 11.4 Å². The van der Waals surface area contributed by atoms with Gasteiger partial charge in [-0.15, -0.1) is 0 Å². The number of nitrogens with zero attached hydrogens (tertiary/aromatic N) is 3. The molecule has 4 aromatic rings. The van der Waals surface area contributed by atoms with Crippen LogP contribution >= 0.6 is 0 Å². The summed E-state index contributed by atoms with van der Waals surface area (Å²) in [5.41, 5.74) is -2.34. The summed E-state index contributed by atoms with van der Waals surface area (Å²) in [6.07, 6.45) is 4.86. The van der Waals surface area contributed by atoms with E-state index in [4.69, 9.17) is 13.0 Å². The molecule has 132 valence electrons. The summed E-state index contributed by atoms with van der Waals surface area (Å²) in [5, 5.41) is -0.365. The molecule has 0 saturated carbocycles. The lowest BCUT2D eigenvalue weighted by atomic mass is 10.2. The van der Waals surface area contributed by atoms with Crippen LogP contribution in [0.15, 0.2) is 60.1 Å². The zero-order chi connectivity index (χ0) is 23.3. The summed E-state index contributed by atoms with van der Waals surface area (Å²) >= 11 is 0. The van der Waals surface area contributed by atoms with Crippen molar-refractivity contribution in [2.75, 3.05) is 7.11 Å². The first-order chi connectivity index (χ1) is 15.1. The Balaban J connectivity index is 1.83. The molecule has 0 aliphatic carbocycles. The molecule has 0 bridgehead atoms. The van der Waals surface area contributed by atoms with Crippen molar-refractivity contribution < 1.29 is 17.2 Å². The van der Waals surface area contributed by atoms with Crippen molar-refractivity contribution in [2.24, 2.45) is 0 Å². The van der Waals surface area contributed by atoms with Crippen molar-refractivity contribution in [2.45, 2.75) is 17.7 Å². The predicted molar refractivity (Wildman–Crippen MR) is 101 cm³/mol. The third kappa shape index (κ3) is 3.01. The van der Waals surface area contributed by atoms with E-state index in [0.29, 0.717) is 11.0 Å². The van der Waals surface area contributed by atoms with Gasteiger partial charge in [0.05, 0.1) is 40.3 Å². The minimum atomic E-state index is -2.76. The number of aromatic amines is 1. The van der Waals surface area contributed by atoms with Crippen LogP contribution in [0.5, 0.6) is 5.75 Å². The van der Waals surface area contributed by atoms with E-state index in [0.717, 1.165) is 10.7 Å². The van der Waals surface area contributed by atoms with Crippen LogP contribution in [0.3, 0.4) is 0 Å². The highest BCUT2D eigenvalue weighted by molar-refractivity contribution is 7.84. The first kappa shape index (κ1) is 10.9. The summed E-state index contributed by atoms with van der Waals surface area (Å²) in [6, 6.07) is 10.1. The highest BCUT2D eigenvalue weighted by Crippen LogP contribution is 2.22. The molecular weight excluding hydrogens is 348 g/mol. The van der Waals surface area contributed by atoms with Gasteiger partial charge in [-0.25, -0.2) is 4.98 Å². The fraction of sp³-hybridized carbons (Fsp3) is 0.158. The molecule has 1 N–H and O–H groups in total. The molecule has 4 rings (SSSR count). The first-order valence-electron chi connectivity index (χ1n) is 10.6. The molecule has 0 aliphatic heterocycles. The van der Waals surface area contributed by atoms with Crippen molar-refractivity contribution in [3.63, 3.8) is 0 Å². The van der Waals surface area contributed by atoms with Gasteiger partial charge in [-0.05, 0) is 43.3 Å². The number of ether oxygens (including phenoxy) is 1. The second-order valence-electron chi connectivity index (χ2n) is 5.38. The smallest absolute Gasteiger partial charge is 0.197 e. The van der Waals surface area contributed by atoms with E-state index >= 15 is 0 Å². The monoisotopic (exact) mass is 372 g/mol. The van der Waals surface area contributed by atoms with Gasteiger partial charge in [0.2, 0.25) is 0 Å². The van der Waals surface area contributed by atoms with Gasteiger partial charge in [-0.3, -0.25) is 9.19 Å². The molecule has 1 unspecified atom stereocenters. The van der Waals surface area contributed by atoms with Crippen molar-refractivity contribution in [3.05, 3.63) is 66.2 Å². The molecular formula is C19H18N4O2S. The number of aromatic nitrogens is 4. The van der Waals surface area contributed by atoms with Crippen LogP contribution in [0.4, 0.5) is 0 Å². The highest BCUT2D eigenvalue weighted by Gasteiger charge is 2.15. The summed E-state index contributed by atoms with van der Waals surface area (Å²) in [7, 11) is -1.31. The minimum Gasteiger partial charge on any atom is -0.496 e. The fourth-order valence-electron chi connectivity index (χ4n) is 2.50. The Morgan fingerprint density at radius 1 is 1.38 bits per heavy atom. The maximum absolute atomic E-state index is 13.3. The van der Waals surface area contributed by atoms with E-state index in [2.05, 4.69) is 9.97 Å². The average Bonchev–Trinajstić information content (AvgIpc) is 3.40. The van der Waals surface area contributed by atoms with Crippen LogP contribution < -0.4 is 4.74 Å². The second-order valence-corrected chi connectivity index (χ2v) is 6.48. The Morgan fingerprint density at radius 2 is 2.23 bits per heavy atom. The van der Waals surface area contributed by atoms with Crippen molar-refractivity contribution in [1.29, 1.82) is 0 Å². The molecule has 0 amide bonds. The highest BCUT2D eigenvalue weighted by atomic mass is 32.2. The molecule has 7 heteroatoms. The van der Waals surface area contributed by atoms with Gasteiger partial charge in [0.25, 0.3) is 0 Å². The third-order valence-electron chi connectivity index (χ3n) is 3.78. The van der Waals surface area contributed by atoms with E-state index < -0.39 is 34.6 Å². The molecule has 1 aromatic carbocycles. The zero-order valence-electron chi connectivity index (χ0n) is 19.7. The largest absolute Gasteiger partial charge is 0.496 e. The lowest BCUT2D eigenvalue weighted by Gasteiger charge is -2.08. The molecule has 3 aromatic heterocycles. The molecule has 3 heterocycles. The Bertz CT molecular complexity index is 1320. The van der Waals surface area contributed by atoms with E-state index in [-0.39, 0.29) is 10.9 Å². The molecule has 26 heavy (non-hydrogen) atoms. The van der Waals surface area contributed by atoms with Crippen LogP contribution in [0.2, 0.25) is 1.41 Å². The van der Waals surface area contributed by atoms with Gasteiger partial charge in [-0.1, -0.05) is 0 Å².